The van der Waals surface area contributed by atoms with Crippen LogP contribution in [-0.2, 0) is 0 Å². The summed E-state index contributed by atoms with van der Waals surface area (Å²) in [7, 11) is 0. The Kier molecular flexibility index (Phi) is 5.33. The third kappa shape index (κ3) is 4.09. The van der Waals surface area contributed by atoms with E-state index in [1.165, 1.54) is 51.7 Å². The van der Waals surface area contributed by atoms with Crippen LogP contribution in [0.3, 0.4) is 0 Å². The lowest BCUT2D eigenvalue weighted by Crippen LogP contribution is -2.40. The van der Waals surface area contributed by atoms with Gasteiger partial charge in [0.1, 0.15) is 5.76 Å². The number of hydrogen-bond donors (Lipinski definition) is 2. The molecule has 3 rings (SSSR count). The van der Waals surface area contributed by atoms with E-state index in [1.807, 2.05) is 6.07 Å². The van der Waals surface area contributed by atoms with E-state index in [0.717, 1.165) is 12.3 Å². The number of hydrogen-bond acceptors (Lipinski definition) is 4. The summed E-state index contributed by atoms with van der Waals surface area (Å²) >= 11 is 0. The van der Waals surface area contributed by atoms with Gasteiger partial charge in [0.2, 0.25) is 0 Å². The third-order valence-electron chi connectivity index (χ3n) is 4.91. The van der Waals surface area contributed by atoms with Crippen molar-refractivity contribution >= 4 is 0 Å². The van der Waals surface area contributed by atoms with Crippen molar-refractivity contribution in [2.75, 3.05) is 26.2 Å². The molecule has 2 aliphatic heterocycles. The lowest BCUT2D eigenvalue weighted by Gasteiger charge is -2.28. The van der Waals surface area contributed by atoms with Crippen molar-refractivity contribution in [3.63, 3.8) is 0 Å². The maximum absolute atomic E-state index is 5.68. The first-order valence-electron chi connectivity index (χ1n) is 8.57. The first kappa shape index (κ1) is 15.1. The van der Waals surface area contributed by atoms with Crippen LogP contribution in [0.2, 0.25) is 0 Å². The van der Waals surface area contributed by atoms with Crippen LogP contribution in [0.15, 0.2) is 22.8 Å². The molecule has 3 heterocycles. The van der Waals surface area contributed by atoms with E-state index in [-0.39, 0.29) is 0 Å². The molecule has 0 radical (unpaired) electrons. The smallest absolute Gasteiger partial charge is 0.122 e. The molecule has 0 bridgehead atoms. The Morgan fingerprint density at radius 3 is 2.90 bits per heavy atom. The number of nitrogens with zero attached hydrogens (tertiary/aromatic N) is 1. The maximum atomic E-state index is 5.68. The Morgan fingerprint density at radius 2 is 2.24 bits per heavy atom. The molecule has 3 unspecified atom stereocenters. The molecule has 1 aromatic heterocycles. The zero-order valence-electron chi connectivity index (χ0n) is 13.2. The van der Waals surface area contributed by atoms with Gasteiger partial charge in [0, 0.05) is 18.6 Å². The summed E-state index contributed by atoms with van der Waals surface area (Å²) in [6, 6.07) is 5.78. The van der Waals surface area contributed by atoms with Crippen molar-refractivity contribution in [1.82, 2.24) is 15.5 Å². The first-order chi connectivity index (χ1) is 10.3. The van der Waals surface area contributed by atoms with Gasteiger partial charge in [-0.15, -0.1) is 0 Å². The van der Waals surface area contributed by atoms with E-state index in [0.29, 0.717) is 18.1 Å². The van der Waals surface area contributed by atoms with E-state index in [4.69, 9.17) is 4.42 Å². The number of likely N-dealkylation sites (tertiary alicyclic amines) is 1. The van der Waals surface area contributed by atoms with E-state index in [2.05, 4.69) is 28.5 Å². The third-order valence-corrected chi connectivity index (χ3v) is 4.91. The van der Waals surface area contributed by atoms with Gasteiger partial charge in [0.15, 0.2) is 0 Å². The van der Waals surface area contributed by atoms with Crippen molar-refractivity contribution in [2.45, 2.75) is 57.2 Å². The van der Waals surface area contributed by atoms with Crippen LogP contribution in [0.1, 0.15) is 50.8 Å². The van der Waals surface area contributed by atoms with Crippen LogP contribution in [0.25, 0.3) is 0 Å². The molecule has 4 nitrogen and oxygen atoms in total. The molecule has 0 aromatic carbocycles. The van der Waals surface area contributed by atoms with E-state index < -0.39 is 0 Å². The molecule has 0 spiro atoms. The summed E-state index contributed by atoms with van der Waals surface area (Å²) in [6.07, 6.45) is 8.33. The number of rotatable bonds is 7. The minimum atomic E-state index is 0.390. The van der Waals surface area contributed by atoms with Gasteiger partial charge >= 0.3 is 0 Å². The van der Waals surface area contributed by atoms with Crippen molar-refractivity contribution in [2.24, 2.45) is 0 Å². The van der Waals surface area contributed by atoms with Crippen LogP contribution in [0.4, 0.5) is 0 Å². The standard InChI is InChI=1S/C17H29N3O/c1-14(12-15-6-4-8-18-15)19-13-16(17-7-5-11-21-17)20-9-2-3-10-20/h5,7,11,14-16,18-19H,2-4,6,8-10,12-13H2,1H3. The fourth-order valence-corrected chi connectivity index (χ4v) is 3.72. The Labute approximate surface area is 128 Å². The Bertz CT molecular complexity index is 394. The predicted molar refractivity (Wildman–Crippen MR) is 85.4 cm³/mol. The summed E-state index contributed by atoms with van der Waals surface area (Å²) in [6.45, 7) is 6.89. The second-order valence-electron chi connectivity index (χ2n) is 6.61. The first-order valence-corrected chi connectivity index (χ1v) is 8.57. The highest BCUT2D eigenvalue weighted by atomic mass is 16.3. The van der Waals surface area contributed by atoms with E-state index >= 15 is 0 Å². The van der Waals surface area contributed by atoms with Crippen LogP contribution < -0.4 is 10.6 Å². The molecule has 1 aromatic rings. The van der Waals surface area contributed by atoms with Gasteiger partial charge in [0.25, 0.3) is 0 Å². The highest BCUT2D eigenvalue weighted by Gasteiger charge is 2.26. The van der Waals surface area contributed by atoms with Crippen LogP contribution >= 0.6 is 0 Å². The molecular weight excluding hydrogens is 262 g/mol. The summed E-state index contributed by atoms with van der Waals surface area (Å²) in [5.41, 5.74) is 0. The normalized spacial score (nSPS) is 26.2. The van der Waals surface area contributed by atoms with Gasteiger partial charge in [-0.3, -0.25) is 4.90 Å². The van der Waals surface area contributed by atoms with Crippen LogP contribution in [-0.4, -0.2) is 43.2 Å². The van der Waals surface area contributed by atoms with Gasteiger partial charge in [-0.2, -0.15) is 0 Å². The molecule has 2 saturated heterocycles. The Morgan fingerprint density at radius 1 is 1.38 bits per heavy atom. The van der Waals surface area contributed by atoms with Gasteiger partial charge in [0.05, 0.1) is 12.3 Å². The minimum Gasteiger partial charge on any atom is -0.468 e. The topological polar surface area (TPSA) is 40.4 Å². The fourth-order valence-electron chi connectivity index (χ4n) is 3.72. The number of furan rings is 1. The molecule has 0 saturated carbocycles. The van der Waals surface area contributed by atoms with Gasteiger partial charge in [-0.25, -0.2) is 0 Å². The average molecular weight is 291 g/mol. The lowest BCUT2D eigenvalue weighted by atomic mass is 10.1. The summed E-state index contributed by atoms with van der Waals surface area (Å²) in [4.78, 5) is 2.56. The van der Waals surface area contributed by atoms with Crippen LogP contribution in [0, 0.1) is 0 Å². The molecule has 3 atom stereocenters. The molecular formula is C17H29N3O. The monoisotopic (exact) mass is 291 g/mol. The average Bonchev–Trinajstić information content (AvgIpc) is 3.23. The lowest BCUT2D eigenvalue weighted by molar-refractivity contribution is 0.203. The quantitative estimate of drug-likeness (QED) is 0.810. The highest BCUT2D eigenvalue weighted by Crippen LogP contribution is 2.25. The minimum absolute atomic E-state index is 0.390. The Balaban J connectivity index is 1.51. The van der Waals surface area contributed by atoms with Crippen molar-refractivity contribution in [3.8, 4) is 0 Å². The zero-order chi connectivity index (χ0) is 14.5. The largest absolute Gasteiger partial charge is 0.468 e. The fraction of sp³-hybridized carbons (Fsp3) is 0.765. The second-order valence-corrected chi connectivity index (χ2v) is 6.61. The van der Waals surface area contributed by atoms with Crippen LogP contribution in [0.5, 0.6) is 0 Å². The summed E-state index contributed by atoms with van der Waals surface area (Å²) in [5, 5.41) is 7.32. The van der Waals surface area contributed by atoms with Gasteiger partial charge in [-0.05, 0) is 70.8 Å². The highest BCUT2D eigenvalue weighted by molar-refractivity contribution is 5.06. The van der Waals surface area contributed by atoms with Gasteiger partial charge in [-0.1, -0.05) is 0 Å². The zero-order valence-corrected chi connectivity index (χ0v) is 13.2. The number of nitrogens with one attached hydrogen (secondary N) is 2. The SMILES string of the molecule is CC(CC1CCCN1)NCC(c1ccco1)N1CCCC1. The van der Waals surface area contributed by atoms with Crippen molar-refractivity contribution in [1.29, 1.82) is 0 Å². The molecule has 2 fully saturated rings. The molecule has 21 heavy (non-hydrogen) atoms. The maximum Gasteiger partial charge on any atom is 0.122 e. The molecule has 0 aliphatic carbocycles. The van der Waals surface area contributed by atoms with Gasteiger partial charge < -0.3 is 15.1 Å². The second kappa shape index (κ2) is 7.43. The molecule has 4 heteroatoms. The predicted octanol–water partition coefficient (Wildman–Crippen LogP) is 2.54. The molecule has 2 aliphatic rings. The summed E-state index contributed by atoms with van der Waals surface area (Å²) < 4.78 is 5.68. The van der Waals surface area contributed by atoms with Crippen molar-refractivity contribution in [3.05, 3.63) is 24.2 Å². The van der Waals surface area contributed by atoms with E-state index in [9.17, 15) is 0 Å². The van der Waals surface area contributed by atoms with Crippen molar-refractivity contribution < 1.29 is 4.42 Å². The molecule has 2 N–H and O–H groups in total. The summed E-state index contributed by atoms with van der Waals surface area (Å²) in [5.74, 6) is 1.11. The Hall–Kier alpha value is -0.840. The molecule has 118 valence electrons. The van der Waals surface area contributed by atoms with E-state index in [1.54, 1.807) is 6.26 Å². The molecule has 0 amide bonds.